The second kappa shape index (κ2) is 6.79. The van der Waals surface area contributed by atoms with Crippen LogP contribution >= 0.6 is 0 Å². The number of phenols is 1. The summed E-state index contributed by atoms with van der Waals surface area (Å²) in [7, 11) is 0. The van der Waals surface area contributed by atoms with Crippen molar-refractivity contribution >= 4 is 17.7 Å². The molecule has 3 N–H and O–H groups in total. The lowest BCUT2D eigenvalue weighted by Crippen LogP contribution is -2.40. The monoisotopic (exact) mass is 280 g/mol. The molecule has 0 bridgehead atoms. The maximum Gasteiger partial charge on any atom is 0.339 e. The molecule has 0 heterocycles. The van der Waals surface area contributed by atoms with Crippen molar-refractivity contribution in [1.82, 2.24) is 4.90 Å². The number of aromatic hydroxyl groups is 1. The zero-order valence-electron chi connectivity index (χ0n) is 11.9. The molecule has 2 amide bonds. The summed E-state index contributed by atoms with van der Waals surface area (Å²) >= 11 is 0. The van der Waals surface area contributed by atoms with Crippen LogP contribution in [-0.2, 0) is 0 Å². The summed E-state index contributed by atoms with van der Waals surface area (Å²) in [5, 5.41) is 21.3. The summed E-state index contributed by atoms with van der Waals surface area (Å²) in [6.45, 7) is 6.33. The minimum absolute atomic E-state index is 0.0137. The molecule has 0 saturated carbocycles. The Kier molecular flexibility index (Phi) is 5.37. The number of para-hydroxylation sites is 1. The van der Waals surface area contributed by atoms with Crippen molar-refractivity contribution in [3.63, 3.8) is 0 Å². The highest BCUT2D eigenvalue weighted by Gasteiger charge is 2.19. The van der Waals surface area contributed by atoms with Crippen LogP contribution in [0.3, 0.4) is 0 Å². The fourth-order valence-corrected chi connectivity index (χ4v) is 1.84. The lowest BCUT2D eigenvalue weighted by molar-refractivity contribution is 0.0693. The largest absolute Gasteiger partial charge is 0.505 e. The van der Waals surface area contributed by atoms with Gasteiger partial charge in [-0.2, -0.15) is 0 Å². The molecule has 0 aliphatic rings. The molecule has 0 saturated heterocycles. The number of amides is 2. The first kappa shape index (κ1) is 15.8. The fourth-order valence-electron chi connectivity index (χ4n) is 1.84. The van der Waals surface area contributed by atoms with E-state index in [0.717, 1.165) is 6.42 Å². The molecule has 0 unspecified atom stereocenters. The molecule has 0 aliphatic carbocycles. The standard InChI is InChI=1S/C14H20N2O4/c1-4-8-16(9(2)3)14(20)15-11-7-5-6-10(12(11)17)13(18)19/h5-7,9,17H,4,8H2,1-3H3,(H,15,20)(H,18,19). The number of hydrogen-bond acceptors (Lipinski definition) is 3. The normalized spacial score (nSPS) is 10.4. The van der Waals surface area contributed by atoms with Gasteiger partial charge in [0, 0.05) is 12.6 Å². The third-order valence-corrected chi connectivity index (χ3v) is 2.86. The number of nitrogens with zero attached hydrogens (tertiary/aromatic N) is 1. The van der Waals surface area contributed by atoms with Crippen molar-refractivity contribution in [2.45, 2.75) is 33.2 Å². The Morgan fingerprint density at radius 1 is 1.35 bits per heavy atom. The van der Waals surface area contributed by atoms with Crippen molar-refractivity contribution < 1.29 is 19.8 Å². The van der Waals surface area contributed by atoms with Gasteiger partial charge in [-0.1, -0.05) is 13.0 Å². The lowest BCUT2D eigenvalue weighted by Gasteiger charge is -2.26. The smallest absolute Gasteiger partial charge is 0.339 e. The zero-order valence-corrected chi connectivity index (χ0v) is 11.9. The topological polar surface area (TPSA) is 89.9 Å². The molecule has 1 rings (SSSR count). The Bertz CT molecular complexity index is 500. The summed E-state index contributed by atoms with van der Waals surface area (Å²) in [6.07, 6.45) is 0.812. The van der Waals surface area contributed by atoms with Crippen molar-refractivity contribution in [2.75, 3.05) is 11.9 Å². The van der Waals surface area contributed by atoms with Crippen LogP contribution in [0.25, 0.3) is 0 Å². The van der Waals surface area contributed by atoms with Gasteiger partial charge in [0.2, 0.25) is 0 Å². The lowest BCUT2D eigenvalue weighted by atomic mass is 10.1. The number of urea groups is 1. The van der Waals surface area contributed by atoms with Gasteiger partial charge in [0.15, 0.2) is 5.75 Å². The summed E-state index contributed by atoms with van der Waals surface area (Å²) in [6, 6.07) is 3.86. The van der Waals surface area contributed by atoms with Crippen LogP contribution in [0.2, 0.25) is 0 Å². The molecule has 0 radical (unpaired) electrons. The van der Waals surface area contributed by atoms with Gasteiger partial charge in [0.1, 0.15) is 5.56 Å². The Morgan fingerprint density at radius 3 is 2.50 bits per heavy atom. The number of carbonyl (C=O) groups is 2. The predicted octanol–water partition coefficient (Wildman–Crippen LogP) is 2.74. The number of carbonyl (C=O) groups excluding carboxylic acids is 1. The van der Waals surface area contributed by atoms with Gasteiger partial charge < -0.3 is 20.4 Å². The second-order valence-electron chi connectivity index (χ2n) is 4.72. The molecule has 110 valence electrons. The summed E-state index contributed by atoms with van der Waals surface area (Å²) in [4.78, 5) is 24.7. The summed E-state index contributed by atoms with van der Waals surface area (Å²) in [5.41, 5.74) is -0.147. The number of rotatable bonds is 5. The molecule has 0 atom stereocenters. The van der Waals surface area contributed by atoms with E-state index in [1.807, 2.05) is 20.8 Å². The molecule has 0 spiro atoms. The Balaban J connectivity index is 2.95. The highest BCUT2D eigenvalue weighted by Crippen LogP contribution is 2.27. The molecule has 0 fully saturated rings. The highest BCUT2D eigenvalue weighted by atomic mass is 16.4. The fraction of sp³-hybridized carbons (Fsp3) is 0.429. The average molecular weight is 280 g/mol. The third kappa shape index (κ3) is 3.63. The number of carboxylic acids is 1. The van der Waals surface area contributed by atoms with Crippen LogP contribution < -0.4 is 5.32 Å². The number of anilines is 1. The van der Waals surface area contributed by atoms with Crippen molar-refractivity contribution in [1.29, 1.82) is 0 Å². The van der Waals surface area contributed by atoms with E-state index >= 15 is 0 Å². The van der Waals surface area contributed by atoms with Gasteiger partial charge in [-0.05, 0) is 32.4 Å². The van der Waals surface area contributed by atoms with Crippen LogP contribution in [0.15, 0.2) is 18.2 Å². The number of carboxylic acid groups (broad SMARTS) is 1. The van der Waals surface area contributed by atoms with E-state index in [1.165, 1.54) is 18.2 Å². The van der Waals surface area contributed by atoms with Gasteiger partial charge in [-0.3, -0.25) is 0 Å². The number of hydrogen-bond donors (Lipinski definition) is 3. The third-order valence-electron chi connectivity index (χ3n) is 2.86. The first-order valence-electron chi connectivity index (χ1n) is 6.51. The molecule has 0 aromatic heterocycles. The van der Waals surface area contributed by atoms with E-state index in [2.05, 4.69) is 5.32 Å². The maximum atomic E-state index is 12.1. The van der Waals surface area contributed by atoms with Gasteiger partial charge in [-0.25, -0.2) is 9.59 Å². The number of benzene rings is 1. The van der Waals surface area contributed by atoms with Crippen LogP contribution in [0, 0.1) is 0 Å². The maximum absolute atomic E-state index is 12.1. The first-order chi connectivity index (χ1) is 9.38. The molecule has 6 heteroatoms. The van der Waals surface area contributed by atoms with E-state index in [4.69, 9.17) is 5.11 Å². The van der Waals surface area contributed by atoms with Crippen molar-refractivity contribution in [2.24, 2.45) is 0 Å². The van der Waals surface area contributed by atoms with Crippen molar-refractivity contribution in [3.8, 4) is 5.75 Å². The molecular formula is C14H20N2O4. The van der Waals surface area contributed by atoms with E-state index in [0.29, 0.717) is 6.54 Å². The van der Waals surface area contributed by atoms with Crippen LogP contribution in [-0.4, -0.2) is 39.7 Å². The second-order valence-corrected chi connectivity index (χ2v) is 4.72. The van der Waals surface area contributed by atoms with Crippen molar-refractivity contribution in [3.05, 3.63) is 23.8 Å². The highest BCUT2D eigenvalue weighted by molar-refractivity contribution is 5.97. The van der Waals surface area contributed by atoms with E-state index < -0.39 is 11.7 Å². The molecule has 1 aromatic rings. The van der Waals surface area contributed by atoms with Crippen LogP contribution in [0.5, 0.6) is 5.75 Å². The van der Waals surface area contributed by atoms with Crippen LogP contribution in [0.1, 0.15) is 37.6 Å². The summed E-state index contributed by atoms with van der Waals surface area (Å²) < 4.78 is 0. The van der Waals surface area contributed by atoms with Gasteiger partial charge in [0.05, 0.1) is 5.69 Å². The number of aromatic carboxylic acids is 1. The number of nitrogens with one attached hydrogen (secondary N) is 1. The van der Waals surface area contributed by atoms with E-state index in [-0.39, 0.29) is 23.3 Å². The van der Waals surface area contributed by atoms with Gasteiger partial charge >= 0.3 is 12.0 Å². The molecular weight excluding hydrogens is 260 g/mol. The summed E-state index contributed by atoms with van der Waals surface area (Å²) in [5.74, 6) is -1.68. The Hall–Kier alpha value is -2.24. The Labute approximate surface area is 118 Å². The quantitative estimate of drug-likeness (QED) is 0.723. The zero-order chi connectivity index (χ0) is 15.3. The van der Waals surface area contributed by atoms with E-state index in [1.54, 1.807) is 4.90 Å². The molecule has 6 nitrogen and oxygen atoms in total. The molecule has 0 aliphatic heterocycles. The first-order valence-corrected chi connectivity index (χ1v) is 6.51. The van der Waals surface area contributed by atoms with Gasteiger partial charge in [0.25, 0.3) is 0 Å². The van der Waals surface area contributed by atoms with E-state index in [9.17, 15) is 14.7 Å². The SMILES string of the molecule is CCCN(C(=O)Nc1cccc(C(=O)O)c1O)C(C)C. The van der Waals surface area contributed by atoms with Gasteiger partial charge in [-0.15, -0.1) is 0 Å². The Morgan fingerprint density at radius 2 is 2.00 bits per heavy atom. The van der Waals surface area contributed by atoms with Crippen LogP contribution in [0.4, 0.5) is 10.5 Å². The average Bonchev–Trinajstić information content (AvgIpc) is 2.37. The molecule has 1 aromatic carbocycles. The molecule has 20 heavy (non-hydrogen) atoms. The predicted molar refractivity (Wildman–Crippen MR) is 76.2 cm³/mol. The minimum atomic E-state index is -1.24. The minimum Gasteiger partial charge on any atom is -0.505 e.